The Bertz CT molecular complexity index is 1240. The minimum Gasteiger partial charge on any atom is -0.307 e. The lowest BCUT2D eigenvalue weighted by atomic mass is 10.1. The monoisotopic (exact) mass is 403 g/mol. The fraction of sp³-hybridized carbons (Fsp3) is 0.389. The number of H-pyrrole nitrogens is 2. The zero-order valence-corrected chi connectivity index (χ0v) is 16.2. The van der Waals surface area contributed by atoms with Crippen LogP contribution in [0, 0.1) is 0 Å². The fourth-order valence-electron chi connectivity index (χ4n) is 3.75. The summed E-state index contributed by atoms with van der Waals surface area (Å²) < 4.78 is 30.1. The molecule has 2 aromatic heterocycles. The van der Waals surface area contributed by atoms with Gasteiger partial charge in [-0.1, -0.05) is 12.8 Å². The van der Waals surface area contributed by atoms with Crippen molar-refractivity contribution in [3.8, 4) is 0 Å². The van der Waals surface area contributed by atoms with Gasteiger partial charge in [-0.05, 0) is 31.0 Å². The van der Waals surface area contributed by atoms with Crippen molar-refractivity contribution in [3.63, 3.8) is 0 Å². The van der Waals surface area contributed by atoms with E-state index in [0.29, 0.717) is 18.5 Å². The van der Waals surface area contributed by atoms with E-state index in [4.69, 9.17) is 0 Å². The molecule has 0 radical (unpaired) electrons. The molecule has 9 nitrogen and oxygen atoms in total. The third-order valence-electron chi connectivity index (χ3n) is 5.13. The van der Waals surface area contributed by atoms with Crippen LogP contribution in [0.4, 0.5) is 0 Å². The molecule has 3 heterocycles. The van der Waals surface area contributed by atoms with Gasteiger partial charge < -0.3 is 4.98 Å². The Labute approximate surface area is 161 Å². The number of hydrogen-bond donors (Lipinski definition) is 2. The minimum absolute atomic E-state index is 0.0355. The molecule has 1 unspecified atom stereocenters. The third-order valence-corrected chi connectivity index (χ3v) is 7.03. The number of rotatable bonds is 3. The Hall–Kier alpha value is -2.72. The second-order valence-electron chi connectivity index (χ2n) is 7.04. The molecule has 0 aliphatic carbocycles. The summed E-state index contributed by atoms with van der Waals surface area (Å²) in [7, 11) is -2.04. The first-order valence-corrected chi connectivity index (χ1v) is 10.6. The van der Waals surface area contributed by atoms with Gasteiger partial charge in [0.25, 0.3) is 5.56 Å². The van der Waals surface area contributed by atoms with Crippen LogP contribution in [0.3, 0.4) is 0 Å². The molecular weight excluding hydrogens is 382 g/mol. The second kappa shape index (κ2) is 7.02. The maximum atomic E-state index is 13.5. The van der Waals surface area contributed by atoms with Crippen LogP contribution in [0.15, 0.2) is 45.1 Å². The Morgan fingerprint density at radius 2 is 1.96 bits per heavy atom. The topological polar surface area (TPSA) is 121 Å². The quantitative estimate of drug-likeness (QED) is 0.682. The fourth-order valence-corrected chi connectivity index (χ4v) is 5.46. The van der Waals surface area contributed by atoms with Gasteiger partial charge in [0.05, 0.1) is 28.0 Å². The molecule has 1 aliphatic heterocycles. The highest BCUT2D eigenvalue weighted by Gasteiger charge is 2.34. The first kappa shape index (κ1) is 18.6. The highest BCUT2D eigenvalue weighted by Crippen LogP contribution is 2.34. The maximum Gasteiger partial charge on any atom is 0.326 e. The van der Waals surface area contributed by atoms with Crippen molar-refractivity contribution in [2.45, 2.75) is 36.6 Å². The second-order valence-corrected chi connectivity index (χ2v) is 8.93. The molecule has 0 saturated carbocycles. The first-order chi connectivity index (χ1) is 13.4. The van der Waals surface area contributed by atoms with Crippen molar-refractivity contribution in [1.82, 2.24) is 24.1 Å². The summed E-state index contributed by atoms with van der Waals surface area (Å²) in [6.07, 6.45) is 6.93. The van der Waals surface area contributed by atoms with E-state index in [1.54, 1.807) is 17.9 Å². The number of nitrogens with zero attached hydrogens (tertiary/aromatic N) is 3. The SMILES string of the molecule is Cn1cc(C2CCCCCN2S(=O)(=O)c2ccc3[nH]c(=O)[nH]c(=O)c3c2)cn1. The van der Waals surface area contributed by atoms with Crippen LogP contribution in [0.2, 0.25) is 0 Å². The lowest BCUT2D eigenvalue weighted by Gasteiger charge is -2.28. The smallest absolute Gasteiger partial charge is 0.307 e. The standard InChI is InChI=1S/C18H21N5O4S/c1-22-11-12(10-19-22)16-5-3-2-4-8-23(16)28(26,27)13-6-7-15-14(9-13)17(24)21-18(25)20-15/h6-7,9-11,16H,2-5,8H2,1H3,(H2,20,21,24,25). The molecule has 3 aromatic rings. The lowest BCUT2D eigenvalue weighted by Crippen LogP contribution is -2.35. The number of fused-ring (bicyclic) bond motifs is 1. The molecule has 10 heteroatoms. The van der Waals surface area contributed by atoms with E-state index in [1.165, 1.54) is 22.5 Å². The van der Waals surface area contributed by atoms with Gasteiger partial charge in [0.1, 0.15) is 0 Å². The van der Waals surface area contributed by atoms with Crippen LogP contribution in [0.1, 0.15) is 37.3 Å². The van der Waals surface area contributed by atoms with Crippen molar-refractivity contribution in [2.75, 3.05) is 6.54 Å². The molecule has 1 fully saturated rings. The molecule has 28 heavy (non-hydrogen) atoms. The predicted octanol–water partition coefficient (Wildman–Crippen LogP) is 1.26. The summed E-state index contributed by atoms with van der Waals surface area (Å²) in [6.45, 7) is 0.405. The van der Waals surface area contributed by atoms with Crippen LogP contribution >= 0.6 is 0 Å². The Morgan fingerprint density at radius 3 is 2.71 bits per heavy atom. The van der Waals surface area contributed by atoms with Crippen molar-refractivity contribution in [3.05, 3.63) is 57.0 Å². The zero-order chi connectivity index (χ0) is 19.9. The molecule has 2 N–H and O–H groups in total. The van der Waals surface area contributed by atoms with Gasteiger partial charge in [0, 0.05) is 25.4 Å². The third kappa shape index (κ3) is 3.29. The minimum atomic E-state index is -3.84. The molecule has 1 atom stereocenters. The Kier molecular flexibility index (Phi) is 4.68. The van der Waals surface area contributed by atoms with E-state index < -0.39 is 21.3 Å². The van der Waals surface area contributed by atoms with E-state index in [1.807, 2.05) is 6.20 Å². The number of aryl methyl sites for hydroxylation is 1. The Morgan fingerprint density at radius 1 is 1.14 bits per heavy atom. The van der Waals surface area contributed by atoms with E-state index in [9.17, 15) is 18.0 Å². The van der Waals surface area contributed by atoms with E-state index in [-0.39, 0.29) is 16.3 Å². The van der Waals surface area contributed by atoms with E-state index in [0.717, 1.165) is 24.8 Å². The summed E-state index contributed by atoms with van der Waals surface area (Å²) in [5.74, 6) is 0. The van der Waals surface area contributed by atoms with Gasteiger partial charge in [0.2, 0.25) is 10.0 Å². The number of aromatic amines is 2. The summed E-state index contributed by atoms with van der Waals surface area (Å²) in [5, 5.41) is 4.32. The molecule has 148 valence electrons. The molecule has 1 aromatic carbocycles. The normalized spacial score (nSPS) is 19.0. The van der Waals surface area contributed by atoms with Crippen LogP contribution in [0.25, 0.3) is 10.9 Å². The average molecular weight is 403 g/mol. The van der Waals surface area contributed by atoms with Crippen molar-refractivity contribution >= 4 is 20.9 Å². The highest BCUT2D eigenvalue weighted by molar-refractivity contribution is 7.89. The average Bonchev–Trinajstić information content (AvgIpc) is 2.92. The van der Waals surface area contributed by atoms with Gasteiger partial charge in [-0.25, -0.2) is 13.2 Å². The Balaban J connectivity index is 1.82. The lowest BCUT2D eigenvalue weighted by molar-refractivity contribution is 0.329. The van der Waals surface area contributed by atoms with Gasteiger partial charge in [-0.15, -0.1) is 0 Å². The highest BCUT2D eigenvalue weighted by atomic mass is 32.2. The van der Waals surface area contributed by atoms with Gasteiger partial charge >= 0.3 is 5.69 Å². The van der Waals surface area contributed by atoms with Crippen LogP contribution in [-0.4, -0.2) is 39.0 Å². The summed E-state index contributed by atoms with van der Waals surface area (Å²) >= 11 is 0. The molecular formula is C18H21N5O4S. The van der Waals surface area contributed by atoms with Gasteiger partial charge in [-0.3, -0.25) is 14.5 Å². The number of aromatic nitrogens is 4. The number of nitrogens with one attached hydrogen (secondary N) is 2. The molecule has 0 amide bonds. The molecule has 0 spiro atoms. The molecule has 4 rings (SSSR count). The van der Waals surface area contributed by atoms with Crippen LogP contribution in [-0.2, 0) is 17.1 Å². The van der Waals surface area contributed by atoms with Crippen molar-refractivity contribution in [1.29, 1.82) is 0 Å². The van der Waals surface area contributed by atoms with Gasteiger partial charge in [0.15, 0.2) is 0 Å². The number of sulfonamides is 1. The van der Waals surface area contributed by atoms with E-state index in [2.05, 4.69) is 15.1 Å². The predicted molar refractivity (Wildman–Crippen MR) is 103 cm³/mol. The molecule has 0 bridgehead atoms. The van der Waals surface area contributed by atoms with Gasteiger partial charge in [-0.2, -0.15) is 9.40 Å². The number of benzene rings is 1. The summed E-state index contributed by atoms with van der Waals surface area (Å²) in [6, 6.07) is 3.91. The first-order valence-electron chi connectivity index (χ1n) is 9.13. The largest absolute Gasteiger partial charge is 0.326 e. The molecule has 1 saturated heterocycles. The van der Waals surface area contributed by atoms with Crippen molar-refractivity contribution in [2.24, 2.45) is 7.05 Å². The van der Waals surface area contributed by atoms with E-state index >= 15 is 0 Å². The summed E-state index contributed by atoms with van der Waals surface area (Å²) in [4.78, 5) is 28.2. The maximum absolute atomic E-state index is 13.5. The van der Waals surface area contributed by atoms with Crippen LogP contribution in [0.5, 0.6) is 0 Å². The van der Waals surface area contributed by atoms with Crippen molar-refractivity contribution < 1.29 is 8.42 Å². The summed E-state index contributed by atoms with van der Waals surface area (Å²) in [5.41, 5.74) is -0.0870. The number of hydrogen-bond acceptors (Lipinski definition) is 5. The van der Waals surface area contributed by atoms with Crippen LogP contribution < -0.4 is 11.2 Å². The zero-order valence-electron chi connectivity index (χ0n) is 15.4. The molecule has 1 aliphatic rings.